The zero-order valence-corrected chi connectivity index (χ0v) is 16.0. The Bertz CT molecular complexity index is 1150. The molecule has 1 atom stereocenters. The molecule has 0 saturated heterocycles. The van der Waals surface area contributed by atoms with E-state index in [-0.39, 0.29) is 35.6 Å². The van der Waals surface area contributed by atoms with Gasteiger partial charge in [-0.3, -0.25) is 14.5 Å². The van der Waals surface area contributed by atoms with E-state index in [1.165, 1.54) is 6.07 Å². The molecule has 28 heavy (non-hydrogen) atoms. The molecule has 3 aromatic rings. The summed E-state index contributed by atoms with van der Waals surface area (Å²) in [5.41, 5.74) is 1.30. The first-order valence-electron chi connectivity index (χ1n) is 8.88. The number of aliphatic imine (C=N–C) groups is 1. The van der Waals surface area contributed by atoms with Gasteiger partial charge < -0.3 is 9.73 Å². The Hall–Kier alpha value is -3.13. The summed E-state index contributed by atoms with van der Waals surface area (Å²) < 4.78 is 32.3. The molecule has 1 aliphatic rings. The fraction of sp³-hybridized carbons (Fsp3) is 0.200. The van der Waals surface area contributed by atoms with Crippen LogP contribution >= 0.6 is 0 Å². The normalized spacial score (nSPS) is 17.2. The summed E-state index contributed by atoms with van der Waals surface area (Å²) in [5, 5.41) is 3.86. The molecule has 0 aliphatic carbocycles. The molecule has 0 saturated carbocycles. The van der Waals surface area contributed by atoms with Crippen LogP contribution in [0.25, 0.3) is 11.0 Å². The van der Waals surface area contributed by atoms with Crippen molar-refractivity contribution in [1.82, 2.24) is 10.0 Å². The number of fused-ring (bicyclic) bond motifs is 2. The summed E-state index contributed by atoms with van der Waals surface area (Å²) in [5.74, 6) is 0.763. The SMILES string of the molecule is C[C@H](NC(=O)CCN=C1NS(=O)(=O)c2ccccc21)c1cc2ccccc2o1. The quantitative estimate of drug-likeness (QED) is 0.691. The number of hydrogen-bond donors (Lipinski definition) is 2. The molecule has 144 valence electrons. The monoisotopic (exact) mass is 397 g/mol. The van der Waals surface area contributed by atoms with Gasteiger partial charge in [-0.2, -0.15) is 0 Å². The van der Waals surface area contributed by atoms with Crippen molar-refractivity contribution in [3.8, 4) is 0 Å². The summed E-state index contributed by atoms with van der Waals surface area (Å²) in [6.45, 7) is 2.02. The molecule has 0 bridgehead atoms. The van der Waals surface area contributed by atoms with Gasteiger partial charge in [-0.25, -0.2) is 8.42 Å². The second kappa shape index (κ2) is 7.12. The number of benzene rings is 2. The lowest BCUT2D eigenvalue weighted by Crippen LogP contribution is -2.27. The standard InChI is InChI=1S/C20H19N3O4S/c1-13(17-12-14-6-2-4-8-16(14)27-17)22-19(24)10-11-21-20-15-7-3-5-9-18(15)28(25,26)23-20/h2-9,12-13H,10-11H2,1H3,(H,21,23)(H,22,24)/t13-/m0/s1. The molecule has 0 fully saturated rings. The Morgan fingerprint density at radius 3 is 2.75 bits per heavy atom. The minimum atomic E-state index is -3.57. The highest BCUT2D eigenvalue weighted by Crippen LogP contribution is 2.24. The zero-order valence-electron chi connectivity index (χ0n) is 15.2. The number of carbonyl (C=O) groups excluding carboxylic acids is 1. The van der Waals surface area contributed by atoms with E-state index in [0.29, 0.717) is 11.3 Å². The van der Waals surface area contributed by atoms with E-state index in [4.69, 9.17) is 4.42 Å². The number of nitrogens with one attached hydrogen (secondary N) is 2. The van der Waals surface area contributed by atoms with Gasteiger partial charge in [-0.1, -0.05) is 30.3 Å². The van der Waals surface area contributed by atoms with Gasteiger partial charge >= 0.3 is 0 Å². The summed E-state index contributed by atoms with van der Waals surface area (Å²) in [6, 6.07) is 15.9. The first kappa shape index (κ1) is 18.2. The number of nitrogens with zero attached hydrogens (tertiary/aromatic N) is 1. The number of sulfonamides is 1. The van der Waals surface area contributed by atoms with Crippen LogP contribution in [-0.4, -0.2) is 26.7 Å². The third-order valence-electron chi connectivity index (χ3n) is 4.52. The number of para-hydroxylation sites is 1. The Labute approximate surface area is 162 Å². The van der Waals surface area contributed by atoms with Crippen LogP contribution in [0, 0.1) is 0 Å². The minimum absolute atomic E-state index is 0.137. The number of hydrogen-bond acceptors (Lipinski definition) is 5. The van der Waals surface area contributed by atoms with Crippen LogP contribution in [0.2, 0.25) is 0 Å². The highest BCUT2D eigenvalue weighted by Gasteiger charge is 2.29. The van der Waals surface area contributed by atoms with Gasteiger partial charge in [-0.05, 0) is 31.2 Å². The van der Waals surface area contributed by atoms with Crippen molar-refractivity contribution in [2.45, 2.75) is 24.3 Å². The van der Waals surface area contributed by atoms with E-state index >= 15 is 0 Å². The molecule has 8 heteroatoms. The Morgan fingerprint density at radius 2 is 1.93 bits per heavy atom. The summed E-state index contributed by atoms with van der Waals surface area (Å²) in [6.07, 6.45) is 0.137. The highest BCUT2D eigenvalue weighted by molar-refractivity contribution is 7.90. The number of carbonyl (C=O) groups is 1. The van der Waals surface area contributed by atoms with Gasteiger partial charge in [0, 0.05) is 17.4 Å². The van der Waals surface area contributed by atoms with Crippen molar-refractivity contribution in [3.63, 3.8) is 0 Å². The molecule has 4 rings (SSSR count). The average Bonchev–Trinajstić information content (AvgIpc) is 3.21. The number of rotatable bonds is 5. The maximum atomic E-state index is 12.2. The lowest BCUT2D eigenvalue weighted by atomic mass is 10.2. The molecule has 0 unspecified atom stereocenters. The van der Waals surface area contributed by atoms with Crippen molar-refractivity contribution in [2.24, 2.45) is 4.99 Å². The van der Waals surface area contributed by atoms with E-state index < -0.39 is 10.0 Å². The van der Waals surface area contributed by atoms with Gasteiger partial charge in [0.1, 0.15) is 17.2 Å². The second-order valence-corrected chi connectivity index (χ2v) is 8.21. The fourth-order valence-electron chi connectivity index (χ4n) is 3.12. The van der Waals surface area contributed by atoms with Crippen molar-refractivity contribution in [1.29, 1.82) is 0 Å². The van der Waals surface area contributed by atoms with Crippen LogP contribution < -0.4 is 10.0 Å². The zero-order chi connectivity index (χ0) is 19.7. The van der Waals surface area contributed by atoms with E-state index in [9.17, 15) is 13.2 Å². The topological polar surface area (TPSA) is 101 Å². The van der Waals surface area contributed by atoms with Crippen molar-refractivity contribution in [3.05, 3.63) is 65.9 Å². The number of amidine groups is 1. The van der Waals surface area contributed by atoms with E-state index in [0.717, 1.165) is 11.0 Å². The lowest BCUT2D eigenvalue weighted by molar-refractivity contribution is -0.121. The molecule has 7 nitrogen and oxygen atoms in total. The van der Waals surface area contributed by atoms with Crippen LogP contribution in [0.5, 0.6) is 0 Å². The van der Waals surface area contributed by atoms with E-state index in [1.807, 2.05) is 37.3 Å². The van der Waals surface area contributed by atoms with Gasteiger partial charge in [-0.15, -0.1) is 0 Å². The minimum Gasteiger partial charge on any atom is -0.459 e. The number of amides is 1. The van der Waals surface area contributed by atoms with Gasteiger partial charge in [0.05, 0.1) is 17.5 Å². The fourth-order valence-corrected chi connectivity index (χ4v) is 4.37. The number of furan rings is 1. The van der Waals surface area contributed by atoms with Crippen molar-refractivity contribution < 1.29 is 17.6 Å². The third kappa shape index (κ3) is 3.50. The molecule has 2 aromatic carbocycles. The molecular weight excluding hydrogens is 378 g/mol. The molecule has 0 radical (unpaired) electrons. The summed E-state index contributed by atoms with van der Waals surface area (Å²) >= 11 is 0. The molecule has 1 aromatic heterocycles. The Kier molecular flexibility index (Phi) is 4.64. The van der Waals surface area contributed by atoms with E-state index in [2.05, 4.69) is 15.0 Å². The Balaban J connectivity index is 1.38. The van der Waals surface area contributed by atoms with Gasteiger partial charge in [0.2, 0.25) is 5.91 Å². The lowest BCUT2D eigenvalue weighted by Gasteiger charge is -2.10. The largest absolute Gasteiger partial charge is 0.459 e. The summed E-state index contributed by atoms with van der Waals surface area (Å²) in [7, 11) is -3.57. The van der Waals surface area contributed by atoms with Crippen molar-refractivity contribution in [2.75, 3.05) is 6.54 Å². The molecule has 2 N–H and O–H groups in total. The second-order valence-electron chi connectivity index (χ2n) is 6.56. The third-order valence-corrected chi connectivity index (χ3v) is 5.92. The smallest absolute Gasteiger partial charge is 0.263 e. The van der Waals surface area contributed by atoms with Crippen LogP contribution in [0.1, 0.15) is 30.7 Å². The van der Waals surface area contributed by atoms with Crippen LogP contribution in [0.4, 0.5) is 0 Å². The highest BCUT2D eigenvalue weighted by atomic mass is 32.2. The molecule has 1 amide bonds. The van der Waals surface area contributed by atoms with E-state index in [1.54, 1.807) is 18.2 Å². The molecule has 1 aliphatic heterocycles. The van der Waals surface area contributed by atoms with Crippen molar-refractivity contribution >= 4 is 32.7 Å². The molecule has 2 heterocycles. The predicted octanol–water partition coefficient (Wildman–Crippen LogP) is 2.74. The predicted molar refractivity (Wildman–Crippen MR) is 106 cm³/mol. The Morgan fingerprint density at radius 1 is 1.18 bits per heavy atom. The maximum Gasteiger partial charge on any atom is 0.263 e. The maximum absolute atomic E-state index is 12.2. The van der Waals surface area contributed by atoms with Crippen LogP contribution in [0.3, 0.4) is 0 Å². The van der Waals surface area contributed by atoms with Crippen LogP contribution in [0.15, 0.2) is 68.9 Å². The first-order valence-corrected chi connectivity index (χ1v) is 10.4. The molecule has 0 spiro atoms. The first-order chi connectivity index (χ1) is 13.4. The van der Waals surface area contributed by atoms with Gasteiger partial charge in [0.25, 0.3) is 10.0 Å². The van der Waals surface area contributed by atoms with Crippen LogP contribution in [-0.2, 0) is 14.8 Å². The van der Waals surface area contributed by atoms with Gasteiger partial charge in [0.15, 0.2) is 0 Å². The summed E-state index contributed by atoms with van der Waals surface area (Å²) in [4.78, 5) is 16.7. The average molecular weight is 397 g/mol. The molecular formula is C20H19N3O4S.